The van der Waals surface area contributed by atoms with Gasteiger partial charge in [0.1, 0.15) is 0 Å². The van der Waals surface area contributed by atoms with Gasteiger partial charge in [0.05, 0.1) is 0 Å². The molecule has 21 heavy (non-hydrogen) atoms. The van der Waals surface area contributed by atoms with E-state index in [0.717, 1.165) is 18.4 Å². The number of aliphatic hydroxyl groups is 1. The average molecular weight is 311 g/mol. The van der Waals surface area contributed by atoms with Crippen molar-refractivity contribution in [2.75, 3.05) is 25.0 Å². The fourth-order valence-electron chi connectivity index (χ4n) is 2.41. The zero-order chi connectivity index (χ0) is 15.4. The molecule has 0 atom stereocenters. The predicted octanol–water partition coefficient (Wildman–Crippen LogP) is 1.82. The third-order valence-electron chi connectivity index (χ3n) is 3.79. The highest BCUT2D eigenvalue weighted by molar-refractivity contribution is 6.39. The van der Waals surface area contributed by atoms with Crippen LogP contribution in [0.25, 0.3) is 0 Å². The molecular formula is C15H19ClN2O3. The fraction of sp³-hybridized carbons (Fsp3) is 0.467. The lowest BCUT2D eigenvalue weighted by Gasteiger charge is -2.30. The Labute approximate surface area is 128 Å². The number of hydrogen-bond acceptors (Lipinski definition) is 3. The molecule has 0 unspecified atom stereocenters. The number of aryl methyl sites for hydroxylation is 1. The van der Waals surface area contributed by atoms with E-state index in [1.807, 2.05) is 6.92 Å². The van der Waals surface area contributed by atoms with E-state index in [0.29, 0.717) is 23.8 Å². The Morgan fingerprint density at radius 2 is 2.05 bits per heavy atom. The SMILES string of the molecule is Cc1cc(Cl)ccc1NC(=O)C(=O)N1CCC(CO)CC1. The van der Waals surface area contributed by atoms with Crippen LogP contribution >= 0.6 is 11.6 Å². The lowest BCUT2D eigenvalue weighted by molar-refractivity contribution is -0.144. The van der Waals surface area contributed by atoms with Gasteiger partial charge in [0.2, 0.25) is 0 Å². The first-order valence-corrected chi connectivity index (χ1v) is 7.36. The van der Waals surface area contributed by atoms with E-state index < -0.39 is 11.8 Å². The van der Waals surface area contributed by atoms with Crippen molar-refractivity contribution in [2.45, 2.75) is 19.8 Å². The molecule has 0 radical (unpaired) electrons. The van der Waals surface area contributed by atoms with Crippen LogP contribution in [0.3, 0.4) is 0 Å². The number of nitrogens with one attached hydrogen (secondary N) is 1. The molecule has 0 bridgehead atoms. The van der Waals surface area contributed by atoms with Crippen molar-refractivity contribution < 1.29 is 14.7 Å². The van der Waals surface area contributed by atoms with Crippen LogP contribution in [0.4, 0.5) is 5.69 Å². The number of benzene rings is 1. The molecule has 2 N–H and O–H groups in total. The van der Waals surface area contributed by atoms with Crippen molar-refractivity contribution in [3.8, 4) is 0 Å². The molecule has 1 aromatic rings. The molecule has 5 nitrogen and oxygen atoms in total. The van der Waals surface area contributed by atoms with Gasteiger partial charge in [0.25, 0.3) is 0 Å². The topological polar surface area (TPSA) is 69.6 Å². The number of amides is 2. The van der Waals surface area contributed by atoms with Crippen LogP contribution in [0.1, 0.15) is 18.4 Å². The minimum atomic E-state index is -0.636. The third-order valence-corrected chi connectivity index (χ3v) is 4.03. The van der Waals surface area contributed by atoms with Gasteiger partial charge >= 0.3 is 11.8 Å². The van der Waals surface area contributed by atoms with E-state index >= 15 is 0 Å². The minimum Gasteiger partial charge on any atom is -0.396 e. The second kappa shape index (κ2) is 6.91. The Morgan fingerprint density at radius 3 is 2.62 bits per heavy atom. The molecule has 1 heterocycles. The lowest BCUT2D eigenvalue weighted by Crippen LogP contribution is -2.44. The molecular weight excluding hydrogens is 292 g/mol. The molecule has 1 fully saturated rings. The average Bonchev–Trinajstić information content (AvgIpc) is 2.49. The maximum Gasteiger partial charge on any atom is 0.313 e. The van der Waals surface area contributed by atoms with Gasteiger partial charge in [0.15, 0.2) is 0 Å². The van der Waals surface area contributed by atoms with Crippen molar-refractivity contribution in [1.29, 1.82) is 0 Å². The highest BCUT2D eigenvalue weighted by Crippen LogP contribution is 2.20. The summed E-state index contributed by atoms with van der Waals surface area (Å²) in [6.45, 7) is 2.98. The predicted molar refractivity (Wildman–Crippen MR) is 81.2 cm³/mol. The normalized spacial score (nSPS) is 15.9. The Balaban J connectivity index is 1.95. The summed E-state index contributed by atoms with van der Waals surface area (Å²) >= 11 is 5.86. The van der Waals surface area contributed by atoms with Crippen molar-refractivity contribution in [3.63, 3.8) is 0 Å². The van der Waals surface area contributed by atoms with Crippen LogP contribution in [0.2, 0.25) is 5.02 Å². The van der Waals surface area contributed by atoms with Crippen LogP contribution in [-0.4, -0.2) is 41.5 Å². The Kier molecular flexibility index (Phi) is 5.20. The van der Waals surface area contributed by atoms with E-state index in [4.69, 9.17) is 16.7 Å². The van der Waals surface area contributed by atoms with Gasteiger partial charge in [-0.3, -0.25) is 9.59 Å². The number of hydrogen-bond donors (Lipinski definition) is 2. The van der Waals surface area contributed by atoms with E-state index in [-0.39, 0.29) is 12.5 Å². The molecule has 0 aliphatic carbocycles. The zero-order valence-corrected chi connectivity index (χ0v) is 12.7. The van der Waals surface area contributed by atoms with Gasteiger partial charge in [-0.05, 0) is 49.4 Å². The second-order valence-electron chi connectivity index (χ2n) is 5.33. The number of anilines is 1. The summed E-state index contributed by atoms with van der Waals surface area (Å²) in [6.07, 6.45) is 1.46. The first kappa shape index (κ1) is 15.8. The Morgan fingerprint density at radius 1 is 1.38 bits per heavy atom. The first-order chi connectivity index (χ1) is 10.0. The largest absolute Gasteiger partial charge is 0.396 e. The van der Waals surface area contributed by atoms with Crippen molar-refractivity contribution in [2.24, 2.45) is 5.92 Å². The molecule has 1 saturated heterocycles. The Bertz CT molecular complexity index is 540. The molecule has 1 aliphatic heterocycles. The van der Waals surface area contributed by atoms with E-state index in [2.05, 4.69) is 5.32 Å². The molecule has 0 aromatic heterocycles. The Hall–Kier alpha value is -1.59. The zero-order valence-electron chi connectivity index (χ0n) is 11.9. The molecule has 6 heteroatoms. The highest BCUT2D eigenvalue weighted by atomic mass is 35.5. The van der Waals surface area contributed by atoms with E-state index in [9.17, 15) is 9.59 Å². The number of likely N-dealkylation sites (tertiary alicyclic amines) is 1. The van der Waals surface area contributed by atoms with Crippen molar-refractivity contribution in [1.82, 2.24) is 4.90 Å². The number of carbonyl (C=O) groups is 2. The van der Waals surface area contributed by atoms with Crippen LogP contribution < -0.4 is 5.32 Å². The smallest absolute Gasteiger partial charge is 0.313 e. The summed E-state index contributed by atoms with van der Waals surface area (Å²) in [5.74, 6) is -0.931. The fourth-order valence-corrected chi connectivity index (χ4v) is 2.63. The van der Waals surface area contributed by atoms with E-state index in [1.54, 1.807) is 18.2 Å². The maximum atomic E-state index is 12.1. The number of halogens is 1. The van der Waals surface area contributed by atoms with Crippen LogP contribution in [0.5, 0.6) is 0 Å². The van der Waals surface area contributed by atoms with Crippen LogP contribution in [-0.2, 0) is 9.59 Å². The quantitative estimate of drug-likeness (QED) is 0.819. The maximum absolute atomic E-state index is 12.1. The van der Waals surface area contributed by atoms with Gasteiger partial charge in [0, 0.05) is 30.4 Å². The van der Waals surface area contributed by atoms with Crippen molar-refractivity contribution >= 4 is 29.1 Å². The van der Waals surface area contributed by atoms with Crippen LogP contribution in [0, 0.1) is 12.8 Å². The van der Waals surface area contributed by atoms with Gasteiger partial charge in [-0.2, -0.15) is 0 Å². The van der Waals surface area contributed by atoms with Gasteiger partial charge < -0.3 is 15.3 Å². The summed E-state index contributed by atoms with van der Waals surface area (Å²) in [7, 11) is 0. The third kappa shape index (κ3) is 3.95. The summed E-state index contributed by atoms with van der Waals surface area (Å²) in [5, 5.41) is 12.3. The molecule has 114 valence electrons. The number of carbonyl (C=O) groups excluding carboxylic acids is 2. The minimum absolute atomic E-state index is 0.137. The summed E-state index contributed by atoms with van der Waals surface area (Å²) in [4.78, 5) is 25.7. The monoisotopic (exact) mass is 310 g/mol. The summed E-state index contributed by atoms with van der Waals surface area (Å²) in [6, 6.07) is 5.08. The molecule has 1 aliphatic rings. The molecule has 1 aromatic carbocycles. The number of rotatable bonds is 2. The van der Waals surface area contributed by atoms with Crippen molar-refractivity contribution in [3.05, 3.63) is 28.8 Å². The second-order valence-corrected chi connectivity index (χ2v) is 5.77. The standard InChI is InChI=1S/C15H19ClN2O3/c1-10-8-12(16)2-3-13(10)17-14(20)15(21)18-6-4-11(9-19)5-7-18/h2-3,8,11,19H,4-7,9H2,1H3,(H,17,20). The molecule has 2 amide bonds. The van der Waals surface area contributed by atoms with Gasteiger partial charge in [-0.15, -0.1) is 0 Å². The van der Waals surface area contributed by atoms with Crippen LogP contribution in [0.15, 0.2) is 18.2 Å². The first-order valence-electron chi connectivity index (χ1n) is 6.98. The number of piperidine rings is 1. The summed E-state index contributed by atoms with van der Waals surface area (Å²) in [5.41, 5.74) is 1.39. The number of nitrogens with zero attached hydrogens (tertiary/aromatic N) is 1. The highest BCUT2D eigenvalue weighted by Gasteiger charge is 2.26. The molecule has 2 rings (SSSR count). The molecule has 0 spiro atoms. The van der Waals surface area contributed by atoms with E-state index in [1.165, 1.54) is 4.90 Å². The van der Waals surface area contributed by atoms with Gasteiger partial charge in [-0.25, -0.2) is 0 Å². The number of aliphatic hydroxyl groups excluding tert-OH is 1. The molecule has 0 saturated carbocycles. The summed E-state index contributed by atoms with van der Waals surface area (Å²) < 4.78 is 0. The lowest BCUT2D eigenvalue weighted by atomic mass is 9.98. The van der Waals surface area contributed by atoms with Gasteiger partial charge in [-0.1, -0.05) is 11.6 Å².